The average Bonchev–Trinajstić information content (AvgIpc) is 3.07. The number of hydrogen-bond donors (Lipinski definition) is 1. The van der Waals surface area contributed by atoms with Crippen molar-refractivity contribution in [2.45, 2.75) is 6.42 Å². The maximum Gasteiger partial charge on any atom is 0.335 e. The van der Waals surface area contributed by atoms with E-state index in [1.807, 2.05) is 30.3 Å². The smallest absolute Gasteiger partial charge is 0.335 e. The number of furan rings is 1. The molecule has 27 heavy (non-hydrogen) atoms. The maximum absolute atomic E-state index is 13.4. The quantitative estimate of drug-likeness (QED) is 0.508. The normalized spacial score (nSPS) is 11.0. The molecule has 4 rings (SSSR count). The first-order valence-electron chi connectivity index (χ1n) is 8.30. The molecule has 134 valence electrons. The molecule has 0 spiro atoms. The van der Waals surface area contributed by atoms with Crippen molar-refractivity contribution in [3.8, 4) is 11.1 Å². The molecule has 0 aliphatic carbocycles. The van der Waals surface area contributed by atoms with E-state index in [1.54, 1.807) is 12.1 Å². The molecule has 3 aromatic carbocycles. The number of rotatable bonds is 4. The molecule has 5 heteroatoms. The number of carboxylic acid groups (broad SMARTS) is 1. The monoisotopic (exact) mass is 364 g/mol. The molecule has 0 unspecified atom stereocenters. The van der Waals surface area contributed by atoms with E-state index in [9.17, 15) is 18.7 Å². The van der Waals surface area contributed by atoms with Crippen molar-refractivity contribution < 1.29 is 23.1 Å². The fraction of sp³-hybridized carbons (Fsp3) is 0.0455. The third kappa shape index (κ3) is 3.31. The number of fused-ring (bicyclic) bond motifs is 1. The van der Waals surface area contributed by atoms with Crippen LogP contribution in [-0.4, -0.2) is 11.1 Å². The van der Waals surface area contributed by atoms with Gasteiger partial charge < -0.3 is 9.52 Å². The van der Waals surface area contributed by atoms with Crippen molar-refractivity contribution >= 4 is 16.9 Å². The minimum atomic E-state index is -0.998. The van der Waals surface area contributed by atoms with E-state index in [0.29, 0.717) is 23.3 Å². The van der Waals surface area contributed by atoms with Gasteiger partial charge in [0.25, 0.3) is 0 Å². The molecule has 0 saturated carbocycles. The summed E-state index contributed by atoms with van der Waals surface area (Å²) in [5.41, 5.74) is 2.92. The van der Waals surface area contributed by atoms with Gasteiger partial charge in [0.2, 0.25) is 0 Å². The number of halogens is 2. The summed E-state index contributed by atoms with van der Waals surface area (Å²) in [7, 11) is 0. The molecular weight excluding hydrogens is 350 g/mol. The molecule has 0 aliphatic heterocycles. The first kappa shape index (κ1) is 17.0. The van der Waals surface area contributed by atoms with Gasteiger partial charge in [-0.15, -0.1) is 0 Å². The molecule has 4 aromatic rings. The second-order valence-corrected chi connectivity index (χ2v) is 6.25. The van der Waals surface area contributed by atoms with E-state index in [2.05, 4.69) is 0 Å². The fourth-order valence-corrected chi connectivity index (χ4v) is 3.10. The molecule has 0 fully saturated rings. The number of aromatic carboxylic acids is 1. The lowest BCUT2D eigenvalue weighted by Crippen LogP contribution is -1.95. The fourth-order valence-electron chi connectivity index (χ4n) is 3.10. The molecule has 1 N–H and O–H groups in total. The zero-order chi connectivity index (χ0) is 19.0. The molecular formula is C22H14F2O3. The van der Waals surface area contributed by atoms with Gasteiger partial charge in [0.1, 0.15) is 11.3 Å². The largest absolute Gasteiger partial charge is 0.478 e. The van der Waals surface area contributed by atoms with E-state index in [0.717, 1.165) is 28.6 Å². The van der Waals surface area contributed by atoms with Crippen LogP contribution in [0.15, 0.2) is 71.1 Å². The van der Waals surface area contributed by atoms with E-state index >= 15 is 0 Å². The zero-order valence-corrected chi connectivity index (χ0v) is 14.1. The highest BCUT2D eigenvalue weighted by atomic mass is 19.2. The van der Waals surface area contributed by atoms with Crippen molar-refractivity contribution in [2.75, 3.05) is 0 Å². The summed E-state index contributed by atoms with van der Waals surface area (Å²) >= 11 is 0. The van der Waals surface area contributed by atoms with E-state index < -0.39 is 17.6 Å². The number of hydrogen-bond acceptors (Lipinski definition) is 2. The Morgan fingerprint density at radius 3 is 2.52 bits per heavy atom. The van der Waals surface area contributed by atoms with E-state index in [4.69, 9.17) is 4.42 Å². The minimum absolute atomic E-state index is 0.193. The highest BCUT2D eigenvalue weighted by Gasteiger charge is 2.13. The Morgan fingerprint density at radius 1 is 0.926 bits per heavy atom. The van der Waals surface area contributed by atoms with Gasteiger partial charge in [0, 0.05) is 17.4 Å². The number of carboxylic acids is 1. The molecule has 1 heterocycles. The lowest BCUT2D eigenvalue weighted by molar-refractivity contribution is 0.0697. The molecule has 0 radical (unpaired) electrons. The van der Waals surface area contributed by atoms with Gasteiger partial charge in [-0.1, -0.05) is 36.4 Å². The van der Waals surface area contributed by atoms with Crippen LogP contribution in [0.25, 0.3) is 22.1 Å². The summed E-state index contributed by atoms with van der Waals surface area (Å²) in [5.74, 6) is -2.17. The van der Waals surface area contributed by atoms with Crippen LogP contribution in [0.4, 0.5) is 8.78 Å². The highest BCUT2D eigenvalue weighted by Crippen LogP contribution is 2.32. The third-order valence-corrected chi connectivity index (χ3v) is 4.38. The maximum atomic E-state index is 13.4. The van der Waals surface area contributed by atoms with E-state index in [-0.39, 0.29) is 5.56 Å². The summed E-state index contributed by atoms with van der Waals surface area (Å²) in [4.78, 5) is 11.2. The lowest BCUT2D eigenvalue weighted by atomic mass is 10.0. The number of benzene rings is 3. The molecule has 0 saturated heterocycles. The van der Waals surface area contributed by atoms with Crippen LogP contribution in [0, 0.1) is 11.6 Å². The van der Waals surface area contributed by atoms with Crippen LogP contribution < -0.4 is 0 Å². The van der Waals surface area contributed by atoms with Crippen molar-refractivity contribution in [1.82, 2.24) is 0 Å². The summed E-state index contributed by atoms with van der Waals surface area (Å²) in [6.07, 6.45) is 0.320. The Morgan fingerprint density at radius 2 is 1.74 bits per heavy atom. The average molecular weight is 364 g/mol. The van der Waals surface area contributed by atoms with Crippen LogP contribution in [0.2, 0.25) is 0 Å². The van der Waals surface area contributed by atoms with Crippen LogP contribution in [-0.2, 0) is 6.42 Å². The number of para-hydroxylation sites is 1. The topological polar surface area (TPSA) is 50.4 Å². The molecule has 0 atom stereocenters. The summed E-state index contributed by atoms with van der Waals surface area (Å²) in [6.45, 7) is 0. The molecule has 0 amide bonds. The molecule has 1 aromatic heterocycles. The van der Waals surface area contributed by atoms with E-state index in [1.165, 1.54) is 12.1 Å². The van der Waals surface area contributed by atoms with Crippen LogP contribution in [0.1, 0.15) is 21.7 Å². The van der Waals surface area contributed by atoms with Gasteiger partial charge in [-0.3, -0.25) is 0 Å². The predicted octanol–water partition coefficient (Wildman–Crippen LogP) is 5.67. The van der Waals surface area contributed by atoms with Crippen LogP contribution in [0.3, 0.4) is 0 Å². The van der Waals surface area contributed by atoms with Crippen LogP contribution in [0.5, 0.6) is 0 Å². The zero-order valence-electron chi connectivity index (χ0n) is 14.1. The molecule has 0 aliphatic rings. The van der Waals surface area contributed by atoms with Crippen molar-refractivity contribution in [3.05, 3.63) is 95.3 Å². The molecule has 3 nitrogen and oxygen atoms in total. The minimum Gasteiger partial charge on any atom is -0.478 e. The SMILES string of the molecule is O=C(O)c1cccc(-c2cccc3cc(Cc4ccc(F)c(F)c4)oc23)c1. The van der Waals surface area contributed by atoms with Gasteiger partial charge in [0.15, 0.2) is 11.6 Å². The van der Waals surface area contributed by atoms with Gasteiger partial charge in [0.05, 0.1) is 5.56 Å². The first-order chi connectivity index (χ1) is 13.0. The summed E-state index contributed by atoms with van der Waals surface area (Å²) < 4.78 is 32.5. The van der Waals surface area contributed by atoms with Crippen molar-refractivity contribution in [1.29, 1.82) is 0 Å². The van der Waals surface area contributed by atoms with Gasteiger partial charge in [-0.2, -0.15) is 0 Å². The standard InChI is InChI=1S/C22H14F2O3/c23-19-8-7-13(10-20(19)24)9-17-12-15-4-2-6-18(21(15)27-17)14-3-1-5-16(11-14)22(25)26/h1-8,10-12H,9H2,(H,25,26). The second kappa shape index (κ2) is 6.68. The first-order valence-corrected chi connectivity index (χ1v) is 8.30. The van der Waals surface area contributed by atoms with Crippen LogP contribution >= 0.6 is 0 Å². The molecule has 0 bridgehead atoms. The summed E-state index contributed by atoms with van der Waals surface area (Å²) in [6, 6.07) is 17.8. The predicted molar refractivity (Wildman–Crippen MR) is 97.8 cm³/mol. The summed E-state index contributed by atoms with van der Waals surface area (Å²) in [5, 5.41) is 10.1. The lowest BCUT2D eigenvalue weighted by Gasteiger charge is -2.04. The Balaban J connectivity index is 1.75. The third-order valence-electron chi connectivity index (χ3n) is 4.38. The second-order valence-electron chi connectivity index (χ2n) is 6.25. The van der Waals surface area contributed by atoms with Crippen molar-refractivity contribution in [3.63, 3.8) is 0 Å². The Labute approximate surface area is 153 Å². The van der Waals surface area contributed by atoms with Gasteiger partial charge in [-0.25, -0.2) is 13.6 Å². The Bertz CT molecular complexity index is 1160. The Hall–Kier alpha value is -3.47. The van der Waals surface area contributed by atoms with Gasteiger partial charge >= 0.3 is 5.97 Å². The van der Waals surface area contributed by atoms with Gasteiger partial charge in [-0.05, 0) is 41.5 Å². The van der Waals surface area contributed by atoms with Crippen molar-refractivity contribution in [2.24, 2.45) is 0 Å². The Kier molecular flexibility index (Phi) is 4.20. The number of carbonyl (C=O) groups is 1. The highest BCUT2D eigenvalue weighted by molar-refractivity contribution is 5.95.